The fourth-order valence-corrected chi connectivity index (χ4v) is 1.89. The summed E-state index contributed by atoms with van der Waals surface area (Å²) in [4.78, 5) is 12.2. The highest BCUT2D eigenvalue weighted by Gasteiger charge is 2.15. The molecule has 0 saturated heterocycles. The zero-order chi connectivity index (χ0) is 12.4. The molecule has 0 N–H and O–H groups in total. The Morgan fingerprint density at radius 1 is 1.35 bits per heavy atom. The first-order valence-electron chi connectivity index (χ1n) is 5.50. The van der Waals surface area contributed by atoms with Crippen LogP contribution in [-0.2, 0) is 6.42 Å². The van der Waals surface area contributed by atoms with Crippen LogP contribution in [0.5, 0.6) is 0 Å². The summed E-state index contributed by atoms with van der Waals surface area (Å²) in [5.74, 6) is 0.671. The minimum absolute atomic E-state index is 0.0440. The van der Waals surface area contributed by atoms with Crippen molar-refractivity contribution in [3.05, 3.63) is 58.0 Å². The molecule has 0 saturated carbocycles. The van der Waals surface area contributed by atoms with Gasteiger partial charge in [0.05, 0.1) is 11.8 Å². The fraction of sp³-hybridized carbons (Fsp3) is 0.214. The number of rotatable bonds is 3. The summed E-state index contributed by atoms with van der Waals surface area (Å²) >= 11 is 6.02. The van der Waals surface area contributed by atoms with Crippen molar-refractivity contribution in [1.29, 1.82) is 0 Å². The highest BCUT2D eigenvalue weighted by Crippen LogP contribution is 2.21. The normalized spacial score (nSPS) is 10.5. The van der Waals surface area contributed by atoms with Crippen LogP contribution in [0.2, 0.25) is 5.02 Å². The van der Waals surface area contributed by atoms with Crippen molar-refractivity contribution in [2.75, 3.05) is 0 Å². The van der Waals surface area contributed by atoms with Gasteiger partial charge in [-0.2, -0.15) is 0 Å². The van der Waals surface area contributed by atoms with E-state index in [-0.39, 0.29) is 5.78 Å². The fourth-order valence-electron chi connectivity index (χ4n) is 1.71. The van der Waals surface area contributed by atoms with Gasteiger partial charge in [-0.3, -0.25) is 4.79 Å². The van der Waals surface area contributed by atoms with Crippen LogP contribution >= 0.6 is 11.6 Å². The molecular formula is C14H13ClO2. The molecular weight excluding hydrogens is 236 g/mol. The Hall–Kier alpha value is -1.54. The van der Waals surface area contributed by atoms with Gasteiger partial charge in [0.15, 0.2) is 5.78 Å². The van der Waals surface area contributed by atoms with Gasteiger partial charge >= 0.3 is 0 Å². The number of hydrogen-bond acceptors (Lipinski definition) is 2. The third-order valence-corrected chi connectivity index (χ3v) is 3.15. The van der Waals surface area contributed by atoms with Gasteiger partial charge < -0.3 is 4.42 Å². The van der Waals surface area contributed by atoms with Crippen molar-refractivity contribution < 1.29 is 9.21 Å². The quantitative estimate of drug-likeness (QED) is 0.768. The lowest BCUT2D eigenvalue weighted by molar-refractivity contribution is 0.103. The molecule has 17 heavy (non-hydrogen) atoms. The first kappa shape index (κ1) is 11.9. The molecule has 0 fully saturated rings. The van der Waals surface area contributed by atoms with Crippen molar-refractivity contribution in [2.24, 2.45) is 0 Å². The van der Waals surface area contributed by atoms with E-state index in [0.717, 1.165) is 5.56 Å². The van der Waals surface area contributed by atoms with E-state index in [1.807, 2.05) is 19.9 Å². The van der Waals surface area contributed by atoms with Crippen LogP contribution in [0.1, 0.15) is 34.2 Å². The number of aryl methyl sites for hydroxylation is 2. The SMILES string of the molecule is CCc1occc1C(=O)c1ccc(C)c(Cl)c1. The largest absolute Gasteiger partial charge is 0.469 e. The Morgan fingerprint density at radius 3 is 2.76 bits per heavy atom. The second-order valence-electron chi connectivity index (χ2n) is 3.90. The first-order valence-corrected chi connectivity index (χ1v) is 5.88. The monoisotopic (exact) mass is 248 g/mol. The summed E-state index contributed by atoms with van der Waals surface area (Å²) in [5.41, 5.74) is 2.18. The van der Waals surface area contributed by atoms with Crippen molar-refractivity contribution in [3.8, 4) is 0 Å². The number of ketones is 1. The van der Waals surface area contributed by atoms with Gasteiger partial charge in [-0.05, 0) is 24.6 Å². The molecule has 1 aromatic carbocycles. The zero-order valence-corrected chi connectivity index (χ0v) is 10.5. The molecule has 1 heterocycles. The van der Waals surface area contributed by atoms with Crippen molar-refractivity contribution in [3.63, 3.8) is 0 Å². The van der Waals surface area contributed by atoms with Crippen LogP contribution in [0.15, 0.2) is 34.9 Å². The van der Waals surface area contributed by atoms with Crippen LogP contribution in [0.25, 0.3) is 0 Å². The van der Waals surface area contributed by atoms with Crippen LogP contribution in [0, 0.1) is 6.92 Å². The van der Waals surface area contributed by atoms with Crippen LogP contribution in [0.3, 0.4) is 0 Å². The molecule has 1 aromatic heterocycles. The van der Waals surface area contributed by atoms with Crippen molar-refractivity contribution in [2.45, 2.75) is 20.3 Å². The molecule has 0 aliphatic heterocycles. The Kier molecular flexibility index (Phi) is 3.34. The van der Waals surface area contributed by atoms with Gasteiger partial charge in [-0.15, -0.1) is 0 Å². The summed E-state index contributed by atoms with van der Waals surface area (Å²) < 4.78 is 5.26. The Bertz CT molecular complexity index is 555. The van der Waals surface area contributed by atoms with Crippen LogP contribution < -0.4 is 0 Å². The molecule has 0 atom stereocenters. The molecule has 2 rings (SSSR count). The molecule has 0 spiro atoms. The van der Waals surface area contributed by atoms with Gasteiger partial charge in [-0.25, -0.2) is 0 Å². The molecule has 0 aliphatic carbocycles. The summed E-state index contributed by atoms with van der Waals surface area (Å²) in [6, 6.07) is 7.04. The number of halogens is 1. The Balaban J connectivity index is 2.40. The third-order valence-electron chi connectivity index (χ3n) is 2.75. The van der Waals surface area contributed by atoms with Crippen LogP contribution in [0.4, 0.5) is 0 Å². The minimum atomic E-state index is -0.0440. The van der Waals surface area contributed by atoms with Gasteiger partial charge in [0.2, 0.25) is 0 Å². The Morgan fingerprint density at radius 2 is 2.12 bits per heavy atom. The molecule has 0 unspecified atom stereocenters. The van der Waals surface area contributed by atoms with Gasteiger partial charge in [0.25, 0.3) is 0 Å². The van der Waals surface area contributed by atoms with Gasteiger partial charge in [-0.1, -0.05) is 30.7 Å². The number of benzene rings is 1. The maximum absolute atomic E-state index is 12.2. The molecule has 2 aromatic rings. The summed E-state index contributed by atoms with van der Waals surface area (Å²) in [6.07, 6.45) is 2.25. The molecule has 0 aliphatic rings. The molecule has 0 radical (unpaired) electrons. The topological polar surface area (TPSA) is 30.2 Å². The molecule has 2 nitrogen and oxygen atoms in total. The van der Waals surface area contributed by atoms with E-state index in [2.05, 4.69) is 0 Å². The van der Waals surface area contributed by atoms with E-state index in [1.54, 1.807) is 24.5 Å². The van der Waals surface area contributed by atoms with E-state index >= 15 is 0 Å². The van der Waals surface area contributed by atoms with Crippen molar-refractivity contribution >= 4 is 17.4 Å². The smallest absolute Gasteiger partial charge is 0.196 e. The van der Waals surface area contributed by atoms with E-state index < -0.39 is 0 Å². The molecule has 88 valence electrons. The molecule has 3 heteroatoms. The predicted molar refractivity (Wildman–Crippen MR) is 67.7 cm³/mol. The van der Waals surface area contributed by atoms with Crippen molar-refractivity contribution in [1.82, 2.24) is 0 Å². The third kappa shape index (κ3) is 2.27. The number of carbonyl (C=O) groups is 1. The zero-order valence-electron chi connectivity index (χ0n) is 9.79. The van der Waals surface area contributed by atoms with Gasteiger partial charge in [0.1, 0.15) is 5.76 Å². The van der Waals surface area contributed by atoms with E-state index in [9.17, 15) is 4.79 Å². The number of furan rings is 1. The Labute approximate surface area is 105 Å². The molecule has 0 amide bonds. The standard InChI is InChI=1S/C14H13ClO2/c1-3-13-11(6-7-17-13)14(16)10-5-4-9(2)12(15)8-10/h4-8H,3H2,1-2H3. The first-order chi connectivity index (χ1) is 8.13. The lowest BCUT2D eigenvalue weighted by atomic mass is 10.0. The highest BCUT2D eigenvalue weighted by atomic mass is 35.5. The highest BCUT2D eigenvalue weighted by molar-refractivity contribution is 6.31. The molecule has 0 bridgehead atoms. The predicted octanol–water partition coefficient (Wildman–Crippen LogP) is 4.03. The maximum atomic E-state index is 12.2. The summed E-state index contributed by atoms with van der Waals surface area (Å²) in [6.45, 7) is 3.86. The average Bonchev–Trinajstić information content (AvgIpc) is 2.80. The van der Waals surface area contributed by atoms with E-state index in [1.165, 1.54) is 0 Å². The second kappa shape index (κ2) is 4.76. The van der Waals surface area contributed by atoms with E-state index in [0.29, 0.717) is 28.3 Å². The average molecular weight is 249 g/mol. The lowest BCUT2D eigenvalue weighted by Gasteiger charge is -2.03. The number of hydrogen-bond donors (Lipinski definition) is 0. The minimum Gasteiger partial charge on any atom is -0.469 e. The van der Waals surface area contributed by atoms with Gasteiger partial charge in [0, 0.05) is 17.0 Å². The van der Waals surface area contributed by atoms with Crippen LogP contribution in [-0.4, -0.2) is 5.78 Å². The maximum Gasteiger partial charge on any atom is 0.196 e. The second-order valence-corrected chi connectivity index (χ2v) is 4.31. The summed E-state index contributed by atoms with van der Waals surface area (Å²) in [7, 11) is 0. The lowest BCUT2D eigenvalue weighted by Crippen LogP contribution is -2.02. The van der Waals surface area contributed by atoms with E-state index in [4.69, 9.17) is 16.0 Å². The number of carbonyl (C=O) groups excluding carboxylic acids is 1. The summed E-state index contributed by atoms with van der Waals surface area (Å²) in [5, 5.41) is 0.609.